The van der Waals surface area contributed by atoms with Crippen molar-refractivity contribution in [3.8, 4) is 5.75 Å². The number of halogens is 1. The number of rotatable bonds is 3. The number of hydrogen-bond donors (Lipinski definition) is 1. The van der Waals surface area contributed by atoms with Gasteiger partial charge >= 0.3 is 0 Å². The third-order valence-electron chi connectivity index (χ3n) is 5.17. The summed E-state index contributed by atoms with van der Waals surface area (Å²) >= 11 is 7.23. The van der Waals surface area contributed by atoms with Crippen molar-refractivity contribution in [3.05, 3.63) is 45.4 Å². The van der Waals surface area contributed by atoms with Crippen LogP contribution in [0, 0.1) is 13.8 Å². The second-order valence-electron chi connectivity index (χ2n) is 7.00. The third-order valence-corrected chi connectivity index (χ3v) is 6.50. The van der Waals surface area contributed by atoms with Crippen molar-refractivity contribution in [2.45, 2.75) is 32.8 Å². The molecule has 1 aliphatic rings. The molecule has 3 aromatic rings. The molecule has 1 aliphatic heterocycles. The van der Waals surface area contributed by atoms with Crippen molar-refractivity contribution in [1.82, 2.24) is 15.1 Å². The van der Waals surface area contributed by atoms with Gasteiger partial charge in [-0.2, -0.15) is 5.10 Å². The van der Waals surface area contributed by atoms with Crippen molar-refractivity contribution in [2.75, 3.05) is 18.8 Å². The monoisotopic (exact) mass is 416 g/mol. The second-order valence-corrected chi connectivity index (χ2v) is 8.43. The fourth-order valence-electron chi connectivity index (χ4n) is 3.43. The maximum absolute atomic E-state index is 13.0. The standard InChI is InChI=1S/C20H21ClN4O2S/c1-11-12(2)23-24-19-16(11)17(22)18(28-19)20(26)25-9-7-15(8-10-25)27-14-5-3-13(21)4-6-14/h3-6,15H,7-10,22H2,1-2H3. The zero-order valence-electron chi connectivity index (χ0n) is 15.7. The number of carbonyl (C=O) groups is 1. The van der Waals surface area contributed by atoms with E-state index in [-0.39, 0.29) is 12.0 Å². The lowest BCUT2D eigenvalue weighted by Gasteiger charge is -2.32. The Balaban J connectivity index is 1.45. The van der Waals surface area contributed by atoms with Crippen molar-refractivity contribution in [2.24, 2.45) is 0 Å². The van der Waals surface area contributed by atoms with Crippen LogP contribution in [-0.4, -0.2) is 40.2 Å². The molecule has 1 amide bonds. The highest BCUT2D eigenvalue weighted by atomic mass is 35.5. The molecule has 0 unspecified atom stereocenters. The molecule has 2 N–H and O–H groups in total. The van der Waals surface area contributed by atoms with Crippen LogP contribution in [0.15, 0.2) is 24.3 Å². The number of likely N-dealkylation sites (tertiary alicyclic amines) is 1. The van der Waals surface area contributed by atoms with Gasteiger partial charge in [-0.15, -0.1) is 16.4 Å². The van der Waals surface area contributed by atoms with E-state index in [9.17, 15) is 4.79 Å². The zero-order valence-corrected chi connectivity index (χ0v) is 17.3. The molecule has 8 heteroatoms. The van der Waals surface area contributed by atoms with Gasteiger partial charge in [-0.25, -0.2) is 0 Å². The Bertz CT molecular complexity index is 1030. The number of ether oxygens (including phenoxy) is 1. The average Bonchev–Trinajstić information content (AvgIpc) is 3.04. The molecular formula is C20H21ClN4O2S. The number of benzene rings is 1. The predicted molar refractivity (Wildman–Crippen MR) is 112 cm³/mol. The van der Waals surface area contributed by atoms with Crippen LogP contribution in [-0.2, 0) is 0 Å². The van der Waals surface area contributed by atoms with Gasteiger partial charge in [-0.1, -0.05) is 11.6 Å². The quantitative estimate of drug-likeness (QED) is 0.691. The molecule has 0 radical (unpaired) electrons. The predicted octanol–water partition coefficient (Wildman–Crippen LogP) is 4.23. The van der Waals surface area contributed by atoms with E-state index in [4.69, 9.17) is 22.1 Å². The number of aryl methyl sites for hydroxylation is 2. The Morgan fingerprint density at radius 3 is 2.57 bits per heavy atom. The first-order chi connectivity index (χ1) is 13.4. The molecule has 28 heavy (non-hydrogen) atoms. The van der Waals surface area contributed by atoms with E-state index >= 15 is 0 Å². The van der Waals surface area contributed by atoms with E-state index in [1.807, 2.05) is 43.0 Å². The molecule has 0 aliphatic carbocycles. The van der Waals surface area contributed by atoms with Crippen molar-refractivity contribution >= 4 is 44.7 Å². The van der Waals surface area contributed by atoms with E-state index in [1.54, 1.807) is 0 Å². The lowest BCUT2D eigenvalue weighted by atomic mass is 10.1. The van der Waals surface area contributed by atoms with E-state index in [0.29, 0.717) is 33.5 Å². The normalized spacial score (nSPS) is 15.2. The zero-order chi connectivity index (χ0) is 19.8. The number of anilines is 1. The molecule has 4 rings (SSSR count). The molecule has 0 spiro atoms. The summed E-state index contributed by atoms with van der Waals surface area (Å²) in [5, 5.41) is 9.88. The Hall–Kier alpha value is -2.38. The first kappa shape index (κ1) is 19.0. The van der Waals surface area contributed by atoms with Crippen LogP contribution < -0.4 is 10.5 Å². The molecule has 1 saturated heterocycles. The van der Waals surface area contributed by atoms with Gasteiger partial charge in [0.05, 0.1) is 11.4 Å². The number of amides is 1. The first-order valence-corrected chi connectivity index (χ1v) is 10.4. The van der Waals surface area contributed by atoms with Crippen molar-refractivity contribution in [1.29, 1.82) is 0 Å². The molecule has 6 nitrogen and oxygen atoms in total. The van der Waals surface area contributed by atoms with Gasteiger partial charge in [-0.3, -0.25) is 4.79 Å². The topological polar surface area (TPSA) is 81.3 Å². The van der Waals surface area contributed by atoms with Crippen LogP contribution in [0.1, 0.15) is 33.8 Å². The lowest BCUT2D eigenvalue weighted by molar-refractivity contribution is 0.0601. The van der Waals surface area contributed by atoms with Crippen LogP contribution >= 0.6 is 22.9 Å². The largest absolute Gasteiger partial charge is 0.490 e. The summed E-state index contributed by atoms with van der Waals surface area (Å²) < 4.78 is 6.01. The molecule has 0 saturated carbocycles. The van der Waals surface area contributed by atoms with E-state index in [0.717, 1.165) is 35.2 Å². The van der Waals surface area contributed by atoms with E-state index in [2.05, 4.69) is 10.2 Å². The van der Waals surface area contributed by atoms with Gasteiger partial charge in [0.1, 0.15) is 21.6 Å². The summed E-state index contributed by atoms with van der Waals surface area (Å²) in [6, 6.07) is 7.35. The van der Waals surface area contributed by atoms with Crippen LogP contribution in [0.25, 0.3) is 10.2 Å². The van der Waals surface area contributed by atoms with Crippen LogP contribution in [0.2, 0.25) is 5.02 Å². The average molecular weight is 417 g/mol. The first-order valence-electron chi connectivity index (χ1n) is 9.17. The summed E-state index contributed by atoms with van der Waals surface area (Å²) in [5.41, 5.74) is 8.64. The Kier molecular flexibility index (Phi) is 5.12. The number of aromatic nitrogens is 2. The number of thiophene rings is 1. The molecule has 146 valence electrons. The molecular weight excluding hydrogens is 396 g/mol. The summed E-state index contributed by atoms with van der Waals surface area (Å²) in [7, 11) is 0. The number of hydrogen-bond acceptors (Lipinski definition) is 6. The SMILES string of the molecule is Cc1nnc2sc(C(=O)N3CCC(Oc4ccc(Cl)cc4)CC3)c(N)c2c1C. The van der Waals surface area contributed by atoms with Gasteiger partial charge in [0.2, 0.25) is 0 Å². The van der Waals surface area contributed by atoms with E-state index < -0.39 is 0 Å². The highest BCUT2D eigenvalue weighted by Gasteiger charge is 2.28. The summed E-state index contributed by atoms with van der Waals surface area (Å²) in [6.45, 7) is 5.12. The Labute approximate surface area is 172 Å². The molecule has 0 atom stereocenters. The number of nitrogens with zero attached hydrogens (tertiary/aromatic N) is 3. The highest BCUT2D eigenvalue weighted by Crippen LogP contribution is 2.36. The van der Waals surface area contributed by atoms with Gasteiger partial charge in [0.25, 0.3) is 5.91 Å². The number of nitrogens with two attached hydrogens (primary N) is 1. The smallest absolute Gasteiger partial charge is 0.266 e. The minimum absolute atomic E-state index is 0.0394. The summed E-state index contributed by atoms with van der Waals surface area (Å²) in [6.07, 6.45) is 1.63. The Morgan fingerprint density at radius 2 is 1.89 bits per heavy atom. The highest BCUT2D eigenvalue weighted by molar-refractivity contribution is 7.21. The van der Waals surface area contributed by atoms with E-state index in [1.165, 1.54) is 11.3 Å². The fraction of sp³-hybridized carbons (Fsp3) is 0.350. The Morgan fingerprint density at radius 1 is 1.21 bits per heavy atom. The number of fused-ring (bicyclic) bond motifs is 1. The van der Waals surface area contributed by atoms with Crippen molar-refractivity contribution < 1.29 is 9.53 Å². The minimum atomic E-state index is -0.0394. The number of piperidine rings is 1. The van der Waals surface area contributed by atoms with Gasteiger partial charge in [0, 0.05) is 36.3 Å². The maximum atomic E-state index is 13.0. The van der Waals surface area contributed by atoms with Gasteiger partial charge in [0.15, 0.2) is 0 Å². The van der Waals surface area contributed by atoms with Gasteiger partial charge < -0.3 is 15.4 Å². The second kappa shape index (κ2) is 7.56. The molecule has 3 heterocycles. The number of nitrogen functional groups attached to an aromatic ring is 1. The molecule has 1 fully saturated rings. The van der Waals surface area contributed by atoms with Crippen LogP contribution in [0.3, 0.4) is 0 Å². The fourth-order valence-corrected chi connectivity index (χ4v) is 4.62. The summed E-state index contributed by atoms with van der Waals surface area (Å²) in [5.74, 6) is 0.759. The molecule has 1 aromatic carbocycles. The summed E-state index contributed by atoms with van der Waals surface area (Å²) in [4.78, 5) is 16.2. The lowest BCUT2D eigenvalue weighted by Crippen LogP contribution is -2.41. The minimum Gasteiger partial charge on any atom is -0.490 e. The van der Waals surface area contributed by atoms with Crippen LogP contribution in [0.5, 0.6) is 5.75 Å². The van der Waals surface area contributed by atoms with Gasteiger partial charge in [-0.05, 0) is 43.7 Å². The number of carbonyl (C=O) groups excluding carboxylic acids is 1. The third kappa shape index (κ3) is 3.52. The van der Waals surface area contributed by atoms with Crippen molar-refractivity contribution in [3.63, 3.8) is 0 Å². The molecule has 0 bridgehead atoms. The molecule has 2 aromatic heterocycles. The van der Waals surface area contributed by atoms with Crippen LogP contribution in [0.4, 0.5) is 5.69 Å². The maximum Gasteiger partial charge on any atom is 0.266 e.